The van der Waals surface area contributed by atoms with Gasteiger partial charge in [0.2, 0.25) is 0 Å². The van der Waals surface area contributed by atoms with Gasteiger partial charge in [0, 0.05) is 16.8 Å². The highest BCUT2D eigenvalue weighted by Crippen LogP contribution is 2.22. The van der Waals surface area contributed by atoms with Crippen molar-refractivity contribution in [3.05, 3.63) is 11.1 Å². The molecule has 0 amide bonds. The number of aryl methyl sites for hydroxylation is 1. The second-order valence-electron chi connectivity index (χ2n) is 2.91. The minimum Gasteiger partial charge on any atom is -0.320 e. The molecular formula is C9H16N2S2. The van der Waals surface area contributed by atoms with E-state index in [0.717, 1.165) is 12.2 Å². The van der Waals surface area contributed by atoms with Gasteiger partial charge in [-0.2, -0.15) is 0 Å². The molecule has 4 heteroatoms. The molecule has 0 bridgehead atoms. The van der Waals surface area contributed by atoms with Gasteiger partial charge in [-0.15, -0.1) is 11.3 Å². The van der Waals surface area contributed by atoms with Crippen molar-refractivity contribution >= 4 is 23.1 Å². The summed E-state index contributed by atoms with van der Waals surface area (Å²) in [4.78, 5) is 4.39. The van der Waals surface area contributed by atoms with E-state index in [-0.39, 0.29) is 0 Å². The lowest BCUT2D eigenvalue weighted by atomic mass is 10.3. The van der Waals surface area contributed by atoms with Crippen LogP contribution in [0.1, 0.15) is 18.5 Å². The van der Waals surface area contributed by atoms with Crippen molar-refractivity contribution in [3.63, 3.8) is 0 Å². The lowest BCUT2D eigenvalue weighted by Crippen LogP contribution is -2.07. The van der Waals surface area contributed by atoms with Gasteiger partial charge in [0.25, 0.3) is 0 Å². The summed E-state index contributed by atoms with van der Waals surface area (Å²) in [6.07, 6.45) is 2.53. The van der Waals surface area contributed by atoms with Crippen LogP contribution in [0.15, 0.2) is 9.72 Å². The molecule has 13 heavy (non-hydrogen) atoms. The van der Waals surface area contributed by atoms with Crippen LogP contribution in [0.25, 0.3) is 0 Å². The molecule has 0 aromatic carbocycles. The minimum absolute atomic E-state index is 1.12. The van der Waals surface area contributed by atoms with Crippen LogP contribution in [0, 0.1) is 6.92 Å². The van der Waals surface area contributed by atoms with Crippen LogP contribution < -0.4 is 5.32 Å². The minimum atomic E-state index is 1.12. The average molecular weight is 216 g/mol. The Labute approximate surface area is 88.2 Å². The molecule has 1 aromatic rings. The van der Waals surface area contributed by atoms with Gasteiger partial charge < -0.3 is 5.32 Å². The normalized spacial score (nSPS) is 10.6. The Kier molecular flexibility index (Phi) is 5.43. The van der Waals surface area contributed by atoms with E-state index in [1.165, 1.54) is 22.9 Å². The molecule has 0 radical (unpaired) electrons. The molecule has 1 rings (SSSR count). The SMILES string of the molecule is CNCCCCSc1nc(C)cs1. The van der Waals surface area contributed by atoms with Gasteiger partial charge >= 0.3 is 0 Å². The average Bonchev–Trinajstić information content (AvgIpc) is 2.51. The van der Waals surface area contributed by atoms with Gasteiger partial charge in [0.1, 0.15) is 4.34 Å². The molecule has 0 saturated carbocycles. The maximum Gasteiger partial charge on any atom is 0.150 e. The molecule has 0 unspecified atom stereocenters. The third-order valence-corrected chi connectivity index (χ3v) is 3.87. The second kappa shape index (κ2) is 6.40. The molecule has 0 spiro atoms. The van der Waals surface area contributed by atoms with Crippen LogP contribution in [0.2, 0.25) is 0 Å². The third kappa shape index (κ3) is 4.64. The van der Waals surface area contributed by atoms with Crippen molar-refractivity contribution in [2.45, 2.75) is 24.1 Å². The number of nitrogens with one attached hydrogen (secondary N) is 1. The summed E-state index contributed by atoms with van der Waals surface area (Å²) < 4.78 is 1.21. The highest BCUT2D eigenvalue weighted by Gasteiger charge is 1.98. The molecule has 0 saturated heterocycles. The standard InChI is InChI=1S/C9H16N2S2/c1-8-7-13-9(11-8)12-6-4-3-5-10-2/h7,10H,3-6H2,1-2H3. The molecule has 0 aliphatic heterocycles. The van der Waals surface area contributed by atoms with Crippen molar-refractivity contribution in [2.24, 2.45) is 0 Å². The van der Waals surface area contributed by atoms with E-state index < -0.39 is 0 Å². The predicted octanol–water partition coefficient (Wildman–Crippen LogP) is 2.54. The molecule has 0 fully saturated rings. The number of nitrogens with zero attached hydrogens (tertiary/aromatic N) is 1. The third-order valence-electron chi connectivity index (χ3n) is 1.64. The van der Waals surface area contributed by atoms with Crippen LogP contribution in [0.3, 0.4) is 0 Å². The summed E-state index contributed by atoms with van der Waals surface area (Å²) in [6.45, 7) is 3.17. The van der Waals surface area contributed by atoms with Crippen LogP contribution in [-0.4, -0.2) is 24.3 Å². The van der Waals surface area contributed by atoms with Crippen molar-refractivity contribution in [1.29, 1.82) is 0 Å². The fourth-order valence-corrected chi connectivity index (χ4v) is 2.88. The van der Waals surface area contributed by atoms with Gasteiger partial charge in [-0.05, 0) is 33.4 Å². The fraction of sp³-hybridized carbons (Fsp3) is 0.667. The molecule has 1 heterocycles. The molecule has 0 aliphatic carbocycles. The maximum atomic E-state index is 4.39. The van der Waals surface area contributed by atoms with Crippen molar-refractivity contribution in [1.82, 2.24) is 10.3 Å². The number of thiazole rings is 1. The highest BCUT2D eigenvalue weighted by molar-refractivity contribution is 8.00. The lowest BCUT2D eigenvalue weighted by molar-refractivity contribution is 0.715. The van der Waals surface area contributed by atoms with Crippen LogP contribution >= 0.6 is 23.1 Å². The van der Waals surface area contributed by atoms with Crippen LogP contribution in [0.4, 0.5) is 0 Å². The maximum absolute atomic E-state index is 4.39. The van der Waals surface area contributed by atoms with E-state index in [1.54, 1.807) is 11.3 Å². The van der Waals surface area contributed by atoms with Gasteiger partial charge in [0.15, 0.2) is 0 Å². The Balaban J connectivity index is 2.06. The van der Waals surface area contributed by atoms with E-state index in [2.05, 4.69) is 15.7 Å². The molecule has 0 aliphatic rings. The number of hydrogen-bond acceptors (Lipinski definition) is 4. The number of thioether (sulfide) groups is 1. The van der Waals surface area contributed by atoms with Gasteiger partial charge in [0.05, 0.1) is 0 Å². The lowest BCUT2D eigenvalue weighted by Gasteiger charge is -1.97. The first-order valence-corrected chi connectivity index (χ1v) is 6.39. The quantitative estimate of drug-likeness (QED) is 0.584. The summed E-state index contributed by atoms with van der Waals surface area (Å²) >= 11 is 3.62. The van der Waals surface area contributed by atoms with Crippen LogP contribution in [0.5, 0.6) is 0 Å². The zero-order chi connectivity index (χ0) is 9.52. The molecule has 1 aromatic heterocycles. The van der Waals surface area contributed by atoms with Crippen molar-refractivity contribution < 1.29 is 0 Å². The van der Waals surface area contributed by atoms with Crippen molar-refractivity contribution in [3.8, 4) is 0 Å². The van der Waals surface area contributed by atoms with Crippen LogP contribution in [-0.2, 0) is 0 Å². The van der Waals surface area contributed by atoms with E-state index in [4.69, 9.17) is 0 Å². The number of unbranched alkanes of at least 4 members (excludes halogenated alkanes) is 1. The molecule has 1 N–H and O–H groups in total. The zero-order valence-corrected chi connectivity index (χ0v) is 9.80. The molecule has 74 valence electrons. The van der Waals surface area contributed by atoms with Crippen molar-refractivity contribution in [2.75, 3.05) is 19.3 Å². The Morgan fingerprint density at radius 1 is 1.54 bits per heavy atom. The Morgan fingerprint density at radius 3 is 3.00 bits per heavy atom. The zero-order valence-electron chi connectivity index (χ0n) is 8.17. The first-order chi connectivity index (χ1) is 6.33. The Hall–Kier alpha value is -0.0600. The Bertz CT molecular complexity index is 235. The van der Waals surface area contributed by atoms with Gasteiger partial charge in [-0.1, -0.05) is 11.8 Å². The first-order valence-electron chi connectivity index (χ1n) is 4.52. The summed E-state index contributed by atoms with van der Waals surface area (Å²) in [5.74, 6) is 1.19. The summed E-state index contributed by atoms with van der Waals surface area (Å²) in [6, 6.07) is 0. The largest absolute Gasteiger partial charge is 0.320 e. The van der Waals surface area contributed by atoms with E-state index >= 15 is 0 Å². The van der Waals surface area contributed by atoms with Gasteiger partial charge in [-0.3, -0.25) is 0 Å². The summed E-state index contributed by atoms with van der Waals surface area (Å²) in [5.41, 5.74) is 1.14. The second-order valence-corrected chi connectivity index (χ2v) is 5.11. The molecular weight excluding hydrogens is 200 g/mol. The molecule has 2 nitrogen and oxygen atoms in total. The smallest absolute Gasteiger partial charge is 0.150 e. The fourth-order valence-electron chi connectivity index (χ4n) is 0.962. The Morgan fingerprint density at radius 2 is 2.38 bits per heavy atom. The topological polar surface area (TPSA) is 24.9 Å². The number of aromatic nitrogens is 1. The van der Waals surface area contributed by atoms with E-state index in [1.807, 2.05) is 25.7 Å². The highest BCUT2D eigenvalue weighted by atomic mass is 32.2. The predicted molar refractivity (Wildman–Crippen MR) is 60.7 cm³/mol. The first kappa shape index (κ1) is 11.0. The summed E-state index contributed by atoms with van der Waals surface area (Å²) in [5, 5.41) is 5.26. The van der Waals surface area contributed by atoms with Gasteiger partial charge in [-0.25, -0.2) is 4.98 Å². The number of rotatable bonds is 6. The number of hydrogen-bond donors (Lipinski definition) is 1. The van der Waals surface area contributed by atoms with E-state index in [0.29, 0.717) is 0 Å². The molecule has 0 atom stereocenters. The summed E-state index contributed by atoms with van der Waals surface area (Å²) in [7, 11) is 2.00. The monoisotopic (exact) mass is 216 g/mol. The van der Waals surface area contributed by atoms with E-state index in [9.17, 15) is 0 Å².